The molecule has 0 spiro atoms. The third-order valence-electron chi connectivity index (χ3n) is 5.69. The Kier molecular flexibility index (Phi) is 7.12. The third-order valence-corrected chi connectivity index (χ3v) is 5.69. The summed E-state index contributed by atoms with van der Waals surface area (Å²) in [5, 5.41) is 21.3. The van der Waals surface area contributed by atoms with Crippen molar-refractivity contribution in [2.24, 2.45) is 20.8 Å². The van der Waals surface area contributed by atoms with E-state index >= 15 is 0 Å². The molecule has 0 amide bonds. The second-order valence-electron chi connectivity index (χ2n) is 10.1. The summed E-state index contributed by atoms with van der Waals surface area (Å²) in [6, 6.07) is 14.3. The van der Waals surface area contributed by atoms with E-state index in [0.29, 0.717) is 22.6 Å². The van der Waals surface area contributed by atoms with Crippen LogP contribution in [0.25, 0.3) is 0 Å². The van der Waals surface area contributed by atoms with Crippen molar-refractivity contribution < 1.29 is 10.2 Å². The summed E-state index contributed by atoms with van der Waals surface area (Å²) >= 11 is 0. The number of nitrogens with zero attached hydrogens (tertiary/aromatic N) is 2. The number of para-hydroxylation sites is 2. The van der Waals surface area contributed by atoms with Crippen molar-refractivity contribution >= 4 is 11.4 Å². The molecule has 0 saturated heterocycles. The van der Waals surface area contributed by atoms with Crippen LogP contribution in [0.3, 0.4) is 0 Å². The quantitative estimate of drug-likeness (QED) is 0.575. The van der Waals surface area contributed by atoms with E-state index in [4.69, 9.17) is 9.98 Å². The van der Waals surface area contributed by atoms with Crippen LogP contribution in [-0.2, 0) is 0 Å². The summed E-state index contributed by atoms with van der Waals surface area (Å²) in [4.78, 5) is 10.1. The third kappa shape index (κ3) is 5.71. The second-order valence-corrected chi connectivity index (χ2v) is 10.1. The molecule has 162 valence electrons. The summed E-state index contributed by atoms with van der Waals surface area (Å²) < 4.78 is 0. The van der Waals surface area contributed by atoms with E-state index < -0.39 is 0 Å². The van der Waals surface area contributed by atoms with E-state index in [1.165, 1.54) is 0 Å². The van der Waals surface area contributed by atoms with Gasteiger partial charge in [0.15, 0.2) is 0 Å². The maximum absolute atomic E-state index is 10.7. The van der Waals surface area contributed by atoms with Crippen molar-refractivity contribution in [1.82, 2.24) is 0 Å². The van der Waals surface area contributed by atoms with Crippen LogP contribution in [0.1, 0.15) is 66.5 Å². The van der Waals surface area contributed by atoms with Gasteiger partial charge >= 0.3 is 0 Å². The van der Waals surface area contributed by atoms with Crippen molar-refractivity contribution in [2.75, 3.05) is 0 Å². The molecule has 0 heterocycles. The molecule has 2 aromatic rings. The predicted octanol–water partition coefficient (Wildman–Crippen LogP) is 6.25. The fourth-order valence-corrected chi connectivity index (χ4v) is 2.64. The molecule has 4 nitrogen and oxygen atoms in total. The first-order valence-corrected chi connectivity index (χ1v) is 10.5. The maximum Gasteiger partial charge on any atom is 0.125 e. The Morgan fingerprint density at radius 2 is 0.933 bits per heavy atom. The van der Waals surface area contributed by atoms with Gasteiger partial charge in [-0.2, -0.15) is 0 Å². The van der Waals surface area contributed by atoms with Gasteiger partial charge in [-0.1, -0.05) is 65.8 Å². The van der Waals surface area contributed by atoms with Crippen molar-refractivity contribution in [3.8, 4) is 11.5 Å². The molecule has 0 radical (unpaired) electrons. The molecule has 2 aromatic carbocycles. The minimum Gasteiger partial charge on any atom is -0.507 e. The Morgan fingerprint density at radius 3 is 1.20 bits per heavy atom. The van der Waals surface area contributed by atoms with Gasteiger partial charge in [-0.3, -0.25) is 9.98 Å². The van der Waals surface area contributed by atoms with Crippen molar-refractivity contribution in [3.63, 3.8) is 0 Å². The zero-order valence-corrected chi connectivity index (χ0v) is 19.6. The topological polar surface area (TPSA) is 65.2 Å². The zero-order chi connectivity index (χ0) is 22.7. The Bertz CT molecular complexity index is 853. The minimum absolute atomic E-state index is 0.0342. The number of benzene rings is 2. The Morgan fingerprint density at radius 1 is 0.633 bits per heavy atom. The van der Waals surface area contributed by atoms with Crippen LogP contribution in [0.4, 0.5) is 0 Å². The van der Waals surface area contributed by atoms with Gasteiger partial charge in [0.05, 0.1) is 23.5 Å². The van der Waals surface area contributed by atoms with Crippen LogP contribution < -0.4 is 0 Å². The van der Waals surface area contributed by atoms with Crippen molar-refractivity contribution in [1.29, 1.82) is 0 Å². The lowest BCUT2D eigenvalue weighted by atomic mass is 9.87. The molecule has 0 saturated carbocycles. The minimum atomic E-state index is -0.0743. The van der Waals surface area contributed by atoms with Crippen LogP contribution in [0, 0.1) is 10.8 Å². The summed E-state index contributed by atoms with van der Waals surface area (Å²) in [7, 11) is 0. The standard InChI is InChI=1S/C26H36N2O2/c1-17(25(3,4)5)27-23(19-13-9-11-15-21(19)29)24(28-18(2)26(6,7)8)20-14-10-12-16-22(20)30/h9-18,29-30H,1-8H3/t17-,18-/m1/s1. The van der Waals surface area contributed by atoms with E-state index in [2.05, 4.69) is 55.4 Å². The Balaban J connectivity index is 2.85. The molecule has 0 aliphatic heterocycles. The van der Waals surface area contributed by atoms with Gasteiger partial charge in [0, 0.05) is 11.1 Å². The fourth-order valence-electron chi connectivity index (χ4n) is 2.64. The monoisotopic (exact) mass is 408 g/mol. The summed E-state index contributed by atoms with van der Waals surface area (Å²) in [6.45, 7) is 17.0. The van der Waals surface area contributed by atoms with E-state index in [-0.39, 0.29) is 34.4 Å². The molecule has 0 bridgehead atoms. The maximum atomic E-state index is 10.7. The molecule has 0 unspecified atom stereocenters. The highest BCUT2D eigenvalue weighted by molar-refractivity contribution is 6.54. The predicted molar refractivity (Wildman–Crippen MR) is 127 cm³/mol. The highest BCUT2D eigenvalue weighted by Crippen LogP contribution is 2.29. The number of aliphatic imine (C=N–C) groups is 2. The smallest absolute Gasteiger partial charge is 0.125 e. The molecular weight excluding hydrogens is 372 g/mol. The average Bonchev–Trinajstić information content (AvgIpc) is 2.64. The molecule has 30 heavy (non-hydrogen) atoms. The van der Waals surface area contributed by atoms with E-state index in [0.717, 1.165) is 0 Å². The lowest BCUT2D eigenvalue weighted by molar-refractivity contribution is 0.340. The van der Waals surface area contributed by atoms with Crippen molar-refractivity contribution in [2.45, 2.75) is 67.5 Å². The molecule has 0 aliphatic carbocycles. The number of rotatable bonds is 5. The Labute approximate surface area is 181 Å². The zero-order valence-electron chi connectivity index (χ0n) is 19.6. The van der Waals surface area contributed by atoms with Crippen molar-refractivity contribution in [3.05, 3.63) is 59.7 Å². The van der Waals surface area contributed by atoms with Gasteiger partial charge in [0.25, 0.3) is 0 Å². The summed E-state index contributed by atoms with van der Waals surface area (Å²) in [6.07, 6.45) is 0. The number of phenolic OH excluding ortho intramolecular Hbond substituents is 2. The van der Waals surface area contributed by atoms with Crippen LogP contribution >= 0.6 is 0 Å². The SMILES string of the molecule is C[C@@H](N=C(C(=N[C@H](C)C(C)(C)C)c1ccccc1O)c1ccccc1O)C(C)(C)C. The number of hydrogen-bond acceptors (Lipinski definition) is 4. The van der Waals surface area contributed by atoms with Gasteiger partial charge < -0.3 is 10.2 Å². The van der Waals surface area contributed by atoms with Crippen LogP contribution in [-0.4, -0.2) is 33.7 Å². The molecule has 0 aromatic heterocycles. The molecule has 2 N–H and O–H groups in total. The number of phenols is 2. The second kappa shape index (κ2) is 9.03. The molecule has 0 aliphatic rings. The molecule has 2 rings (SSSR count). The van der Waals surface area contributed by atoms with Gasteiger partial charge in [-0.25, -0.2) is 0 Å². The first-order valence-electron chi connectivity index (χ1n) is 10.5. The van der Waals surface area contributed by atoms with Gasteiger partial charge in [-0.15, -0.1) is 0 Å². The molecule has 0 fully saturated rings. The highest BCUT2D eigenvalue weighted by Gasteiger charge is 2.27. The first-order chi connectivity index (χ1) is 13.8. The molecule has 4 heteroatoms. The summed E-state index contributed by atoms with van der Waals surface area (Å²) in [5.41, 5.74) is 2.25. The number of aromatic hydroxyl groups is 2. The van der Waals surface area contributed by atoms with Gasteiger partial charge in [0.1, 0.15) is 11.5 Å². The van der Waals surface area contributed by atoms with Crippen LogP contribution in [0.15, 0.2) is 58.5 Å². The van der Waals surface area contributed by atoms with Gasteiger partial charge in [-0.05, 0) is 48.9 Å². The summed E-state index contributed by atoms with van der Waals surface area (Å²) in [5.74, 6) is 0.285. The first kappa shape index (κ1) is 23.7. The largest absolute Gasteiger partial charge is 0.507 e. The average molecular weight is 409 g/mol. The van der Waals surface area contributed by atoms with E-state index in [1.807, 2.05) is 24.3 Å². The highest BCUT2D eigenvalue weighted by atomic mass is 16.3. The molecular formula is C26H36N2O2. The van der Waals surface area contributed by atoms with Crippen LogP contribution in [0.5, 0.6) is 11.5 Å². The van der Waals surface area contributed by atoms with Gasteiger partial charge in [0.2, 0.25) is 0 Å². The molecule has 2 atom stereocenters. The Hall–Kier alpha value is -2.62. The van der Waals surface area contributed by atoms with Crippen LogP contribution in [0.2, 0.25) is 0 Å². The van der Waals surface area contributed by atoms with E-state index in [9.17, 15) is 10.2 Å². The number of hydrogen-bond donors (Lipinski definition) is 2. The van der Waals surface area contributed by atoms with E-state index in [1.54, 1.807) is 24.3 Å². The normalized spacial score (nSPS) is 15.7. The fraction of sp³-hybridized carbons (Fsp3) is 0.462. The lowest BCUT2D eigenvalue weighted by Crippen LogP contribution is -2.29. The lowest BCUT2D eigenvalue weighted by Gasteiger charge is -2.27.